The molecular formula is C25H37IN4O2. The molecule has 1 fully saturated rings. The third-order valence-electron chi connectivity index (χ3n) is 5.79. The molecule has 0 radical (unpaired) electrons. The smallest absolute Gasteiger partial charge is 0.191 e. The van der Waals surface area contributed by atoms with Crippen molar-refractivity contribution in [3.05, 3.63) is 65.2 Å². The second kappa shape index (κ2) is 14.3. The van der Waals surface area contributed by atoms with Crippen LogP contribution in [0.4, 0.5) is 0 Å². The van der Waals surface area contributed by atoms with Gasteiger partial charge in [-0.25, -0.2) is 0 Å². The summed E-state index contributed by atoms with van der Waals surface area (Å²) < 4.78 is 10.9. The lowest BCUT2D eigenvalue weighted by Crippen LogP contribution is -2.42. The maximum absolute atomic E-state index is 5.61. The van der Waals surface area contributed by atoms with Gasteiger partial charge in [0.25, 0.3) is 0 Å². The molecule has 0 aliphatic carbocycles. The largest absolute Gasteiger partial charge is 0.497 e. The maximum Gasteiger partial charge on any atom is 0.191 e. The molecule has 32 heavy (non-hydrogen) atoms. The molecule has 7 heteroatoms. The first-order valence-corrected chi connectivity index (χ1v) is 11.2. The summed E-state index contributed by atoms with van der Waals surface area (Å²) in [4.78, 5) is 6.99. The van der Waals surface area contributed by atoms with Crippen molar-refractivity contribution in [3.63, 3.8) is 0 Å². The number of rotatable bonds is 10. The molecule has 0 aromatic heterocycles. The Bertz CT molecular complexity index is 823. The molecule has 0 spiro atoms. The Morgan fingerprint density at radius 3 is 2.34 bits per heavy atom. The molecule has 2 N–H and O–H groups in total. The van der Waals surface area contributed by atoms with E-state index in [-0.39, 0.29) is 24.0 Å². The number of hydrogen-bond donors (Lipinski definition) is 2. The first-order chi connectivity index (χ1) is 15.2. The molecule has 1 atom stereocenters. The molecular weight excluding hydrogens is 515 g/mol. The van der Waals surface area contributed by atoms with E-state index in [1.807, 2.05) is 26.1 Å². The van der Waals surface area contributed by atoms with Crippen molar-refractivity contribution in [2.45, 2.75) is 39.0 Å². The van der Waals surface area contributed by atoms with Crippen LogP contribution in [0.1, 0.15) is 42.5 Å². The lowest BCUT2D eigenvalue weighted by atomic mass is 10.1. The number of guanidine groups is 1. The molecule has 1 aliphatic heterocycles. The highest BCUT2D eigenvalue weighted by molar-refractivity contribution is 14.0. The van der Waals surface area contributed by atoms with Crippen molar-refractivity contribution in [1.29, 1.82) is 0 Å². The maximum atomic E-state index is 5.61. The van der Waals surface area contributed by atoms with E-state index in [2.05, 4.69) is 56.9 Å². The average molecular weight is 553 g/mol. The van der Waals surface area contributed by atoms with Crippen LogP contribution in [0.2, 0.25) is 0 Å². The molecule has 3 rings (SSSR count). The molecule has 1 unspecified atom stereocenters. The minimum absolute atomic E-state index is 0. The third kappa shape index (κ3) is 7.64. The van der Waals surface area contributed by atoms with Gasteiger partial charge in [-0.1, -0.05) is 36.4 Å². The molecule has 2 aromatic rings. The van der Waals surface area contributed by atoms with Gasteiger partial charge < -0.3 is 20.1 Å². The molecule has 1 heterocycles. The molecule has 0 bridgehead atoms. The summed E-state index contributed by atoms with van der Waals surface area (Å²) in [6, 6.07) is 17.1. The summed E-state index contributed by atoms with van der Waals surface area (Å²) >= 11 is 0. The van der Waals surface area contributed by atoms with Gasteiger partial charge in [0.15, 0.2) is 5.96 Å². The van der Waals surface area contributed by atoms with E-state index >= 15 is 0 Å². The zero-order valence-electron chi connectivity index (χ0n) is 19.5. The number of methoxy groups -OCH3 is 1. The number of aliphatic imine (C=N–C) groups is 1. The van der Waals surface area contributed by atoms with Gasteiger partial charge in [0, 0.05) is 26.7 Å². The van der Waals surface area contributed by atoms with E-state index in [0.29, 0.717) is 25.8 Å². The van der Waals surface area contributed by atoms with E-state index in [0.717, 1.165) is 31.3 Å². The van der Waals surface area contributed by atoms with Crippen LogP contribution in [0.5, 0.6) is 5.75 Å². The van der Waals surface area contributed by atoms with Crippen molar-refractivity contribution in [1.82, 2.24) is 15.5 Å². The van der Waals surface area contributed by atoms with Crippen LogP contribution >= 0.6 is 24.0 Å². The Labute approximate surface area is 209 Å². The van der Waals surface area contributed by atoms with Gasteiger partial charge in [-0.3, -0.25) is 9.89 Å². The second-order valence-electron chi connectivity index (χ2n) is 7.74. The SMILES string of the molecule is CCOCc1ccccc1CNC(=NC)NCC(c1ccc(OC)cc1)N1CCCC1.I. The lowest BCUT2D eigenvalue weighted by Gasteiger charge is -2.29. The average Bonchev–Trinajstić information content (AvgIpc) is 3.35. The molecule has 2 aromatic carbocycles. The molecule has 176 valence electrons. The van der Waals surface area contributed by atoms with Crippen LogP contribution in [0.3, 0.4) is 0 Å². The van der Waals surface area contributed by atoms with Crippen molar-refractivity contribution in [3.8, 4) is 5.75 Å². The third-order valence-corrected chi connectivity index (χ3v) is 5.79. The van der Waals surface area contributed by atoms with E-state index in [4.69, 9.17) is 9.47 Å². The van der Waals surface area contributed by atoms with E-state index in [1.54, 1.807) is 7.11 Å². The molecule has 1 saturated heterocycles. The highest BCUT2D eigenvalue weighted by Gasteiger charge is 2.23. The predicted molar refractivity (Wildman–Crippen MR) is 142 cm³/mol. The summed E-state index contributed by atoms with van der Waals surface area (Å²) in [5.74, 6) is 1.70. The van der Waals surface area contributed by atoms with Crippen LogP contribution in [-0.4, -0.2) is 51.3 Å². The quantitative estimate of drug-likeness (QED) is 0.261. The number of likely N-dealkylation sites (tertiary alicyclic amines) is 1. The van der Waals surface area contributed by atoms with Gasteiger partial charge >= 0.3 is 0 Å². The Balaban J connectivity index is 0.00000363. The monoisotopic (exact) mass is 552 g/mol. The summed E-state index contributed by atoms with van der Waals surface area (Å²) in [7, 11) is 3.52. The van der Waals surface area contributed by atoms with Crippen LogP contribution in [0, 0.1) is 0 Å². The van der Waals surface area contributed by atoms with Gasteiger partial charge in [0.1, 0.15) is 5.75 Å². The molecule has 0 amide bonds. The Kier molecular flexibility index (Phi) is 11.8. The van der Waals surface area contributed by atoms with Crippen molar-refractivity contribution < 1.29 is 9.47 Å². The Morgan fingerprint density at radius 1 is 1.03 bits per heavy atom. The fourth-order valence-electron chi connectivity index (χ4n) is 4.01. The highest BCUT2D eigenvalue weighted by Crippen LogP contribution is 2.26. The van der Waals surface area contributed by atoms with Crippen molar-refractivity contribution in [2.75, 3.05) is 40.4 Å². The van der Waals surface area contributed by atoms with Gasteiger partial charge in [0.2, 0.25) is 0 Å². The summed E-state index contributed by atoms with van der Waals surface area (Å²) in [6.45, 7) is 7.15. The fourth-order valence-corrected chi connectivity index (χ4v) is 4.01. The van der Waals surface area contributed by atoms with Crippen LogP contribution in [-0.2, 0) is 17.9 Å². The minimum atomic E-state index is 0. The second-order valence-corrected chi connectivity index (χ2v) is 7.74. The van der Waals surface area contributed by atoms with Gasteiger partial charge in [-0.15, -0.1) is 24.0 Å². The molecule has 0 saturated carbocycles. The Morgan fingerprint density at radius 2 is 1.72 bits per heavy atom. The minimum Gasteiger partial charge on any atom is -0.497 e. The van der Waals surface area contributed by atoms with Gasteiger partial charge in [-0.2, -0.15) is 0 Å². The van der Waals surface area contributed by atoms with Crippen LogP contribution < -0.4 is 15.4 Å². The van der Waals surface area contributed by atoms with Crippen molar-refractivity contribution in [2.24, 2.45) is 4.99 Å². The standard InChI is InChI=1S/C25H36N4O2.HI/c1-4-31-19-22-10-6-5-9-21(22)17-27-25(26-2)28-18-24(29-15-7-8-16-29)20-11-13-23(30-3)14-12-20;/h5-6,9-14,24H,4,7-8,15-19H2,1-3H3,(H2,26,27,28);1H. The van der Waals surface area contributed by atoms with Crippen molar-refractivity contribution >= 4 is 29.9 Å². The summed E-state index contributed by atoms with van der Waals surface area (Å²) in [5.41, 5.74) is 3.73. The molecule has 1 aliphatic rings. The predicted octanol–water partition coefficient (Wildman–Crippen LogP) is 4.35. The van der Waals surface area contributed by atoms with E-state index < -0.39 is 0 Å². The van der Waals surface area contributed by atoms with Gasteiger partial charge in [-0.05, 0) is 61.7 Å². The number of nitrogens with zero attached hydrogens (tertiary/aromatic N) is 2. The zero-order valence-corrected chi connectivity index (χ0v) is 21.8. The number of nitrogens with one attached hydrogen (secondary N) is 2. The first kappa shape index (κ1) is 26.4. The number of ether oxygens (including phenoxy) is 2. The topological polar surface area (TPSA) is 58.1 Å². The Hall–Kier alpha value is -1.84. The van der Waals surface area contributed by atoms with Crippen LogP contribution in [0.15, 0.2) is 53.5 Å². The summed E-state index contributed by atoms with van der Waals surface area (Å²) in [5, 5.41) is 7.00. The van der Waals surface area contributed by atoms with Crippen LogP contribution in [0.25, 0.3) is 0 Å². The zero-order chi connectivity index (χ0) is 21.9. The molecule has 6 nitrogen and oxygen atoms in total. The highest BCUT2D eigenvalue weighted by atomic mass is 127. The summed E-state index contributed by atoms with van der Waals surface area (Å²) in [6.07, 6.45) is 2.52. The number of halogens is 1. The van der Waals surface area contributed by atoms with E-state index in [1.165, 1.54) is 29.5 Å². The number of hydrogen-bond acceptors (Lipinski definition) is 4. The lowest BCUT2D eigenvalue weighted by molar-refractivity contribution is 0.133. The normalized spacial score (nSPS) is 15.2. The first-order valence-electron chi connectivity index (χ1n) is 11.2. The van der Waals surface area contributed by atoms with E-state index in [9.17, 15) is 0 Å². The number of benzene rings is 2. The fraction of sp³-hybridized carbons (Fsp3) is 0.480. The van der Waals surface area contributed by atoms with Gasteiger partial charge in [0.05, 0.1) is 19.8 Å².